The molecule has 2 N–H and O–H groups in total. The van der Waals surface area contributed by atoms with Crippen LogP contribution >= 0.6 is 0 Å². The molecule has 21 heavy (non-hydrogen) atoms. The lowest BCUT2D eigenvalue weighted by atomic mass is 10.2. The zero-order valence-corrected chi connectivity index (χ0v) is 12.1. The van der Waals surface area contributed by atoms with Crippen molar-refractivity contribution in [3.05, 3.63) is 60.2 Å². The van der Waals surface area contributed by atoms with E-state index in [1.807, 2.05) is 61.5 Å². The Bertz CT molecular complexity index is 570. The Morgan fingerprint density at radius 1 is 1.10 bits per heavy atom. The average molecular weight is 284 g/mol. The minimum absolute atomic E-state index is 0.0494. The summed E-state index contributed by atoms with van der Waals surface area (Å²) in [6, 6.07) is 17.5. The van der Waals surface area contributed by atoms with Crippen molar-refractivity contribution in [2.75, 3.05) is 25.0 Å². The van der Waals surface area contributed by atoms with Crippen LogP contribution in [0.3, 0.4) is 0 Å². The van der Waals surface area contributed by atoms with Crippen molar-refractivity contribution in [1.82, 2.24) is 5.32 Å². The number of amides is 1. The summed E-state index contributed by atoms with van der Waals surface area (Å²) in [6.07, 6.45) is 0. The second kappa shape index (κ2) is 7.94. The maximum absolute atomic E-state index is 11.7. The Morgan fingerprint density at radius 2 is 1.90 bits per heavy atom. The number of nitrogens with one attached hydrogen (secondary N) is 2. The maximum Gasteiger partial charge on any atom is 0.239 e. The predicted molar refractivity (Wildman–Crippen MR) is 84.6 cm³/mol. The fraction of sp³-hybridized carbons (Fsp3) is 0.235. The van der Waals surface area contributed by atoms with Crippen LogP contribution in [0, 0.1) is 6.92 Å². The molecule has 2 aromatic rings. The molecule has 0 aliphatic heterocycles. The van der Waals surface area contributed by atoms with Crippen molar-refractivity contribution in [2.24, 2.45) is 0 Å². The van der Waals surface area contributed by atoms with Crippen LogP contribution in [-0.2, 0) is 4.79 Å². The van der Waals surface area contributed by atoms with Gasteiger partial charge in [-0.1, -0.05) is 30.3 Å². The second-order valence-corrected chi connectivity index (χ2v) is 4.73. The Labute approximate surface area is 125 Å². The van der Waals surface area contributed by atoms with Gasteiger partial charge in [0, 0.05) is 5.69 Å². The lowest BCUT2D eigenvalue weighted by Crippen LogP contribution is -2.32. The average Bonchev–Trinajstić information content (AvgIpc) is 2.51. The highest BCUT2D eigenvalue weighted by Gasteiger charge is 2.00. The van der Waals surface area contributed by atoms with Gasteiger partial charge in [0.2, 0.25) is 5.91 Å². The van der Waals surface area contributed by atoms with Gasteiger partial charge in [0.15, 0.2) is 0 Å². The minimum Gasteiger partial charge on any atom is -0.492 e. The van der Waals surface area contributed by atoms with Gasteiger partial charge >= 0.3 is 0 Å². The quantitative estimate of drug-likeness (QED) is 0.768. The number of rotatable bonds is 7. The first-order valence-electron chi connectivity index (χ1n) is 6.99. The molecule has 0 spiro atoms. The largest absolute Gasteiger partial charge is 0.492 e. The van der Waals surface area contributed by atoms with Crippen LogP contribution in [0.15, 0.2) is 54.6 Å². The van der Waals surface area contributed by atoms with Crippen LogP contribution < -0.4 is 15.4 Å². The highest BCUT2D eigenvalue weighted by molar-refractivity contribution is 5.80. The summed E-state index contributed by atoms with van der Waals surface area (Å²) in [4.78, 5) is 11.7. The Balaban J connectivity index is 1.61. The number of ether oxygens (including phenoxy) is 1. The van der Waals surface area contributed by atoms with Gasteiger partial charge in [-0.25, -0.2) is 0 Å². The van der Waals surface area contributed by atoms with Crippen LogP contribution in [0.5, 0.6) is 5.75 Å². The fourth-order valence-corrected chi connectivity index (χ4v) is 1.87. The number of aryl methyl sites for hydroxylation is 1. The van der Waals surface area contributed by atoms with Crippen LogP contribution in [0.25, 0.3) is 0 Å². The second-order valence-electron chi connectivity index (χ2n) is 4.73. The number of para-hydroxylation sites is 1. The molecule has 0 fully saturated rings. The predicted octanol–water partition coefficient (Wildman–Crippen LogP) is 2.60. The van der Waals surface area contributed by atoms with Crippen molar-refractivity contribution in [1.29, 1.82) is 0 Å². The van der Waals surface area contributed by atoms with Crippen molar-refractivity contribution in [2.45, 2.75) is 6.92 Å². The molecule has 0 saturated carbocycles. The topological polar surface area (TPSA) is 50.4 Å². The summed E-state index contributed by atoms with van der Waals surface area (Å²) in [6.45, 7) is 3.22. The fourth-order valence-electron chi connectivity index (χ4n) is 1.87. The standard InChI is InChI=1S/C17H20N2O2/c1-14-6-5-9-16(12-14)21-11-10-18-17(20)13-19-15-7-3-2-4-8-15/h2-9,12,19H,10-11,13H2,1H3,(H,18,20). The summed E-state index contributed by atoms with van der Waals surface area (Å²) in [5, 5.41) is 5.87. The van der Waals surface area contributed by atoms with E-state index in [9.17, 15) is 4.79 Å². The molecule has 2 aromatic carbocycles. The maximum atomic E-state index is 11.7. The first-order chi connectivity index (χ1) is 10.2. The van der Waals surface area contributed by atoms with Crippen LogP contribution in [0.4, 0.5) is 5.69 Å². The molecule has 0 aliphatic rings. The Hall–Kier alpha value is -2.49. The molecule has 110 valence electrons. The molecule has 4 heteroatoms. The molecule has 0 aromatic heterocycles. The van der Waals surface area contributed by atoms with Gasteiger partial charge in [0.1, 0.15) is 12.4 Å². The molecular formula is C17H20N2O2. The Morgan fingerprint density at radius 3 is 2.67 bits per heavy atom. The summed E-state index contributed by atoms with van der Waals surface area (Å²) < 4.78 is 5.56. The molecule has 4 nitrogen and oxygen atoms in total. The Kier molecular flexibility index (Phi) is 5.64. The van der Waals surface area contributed by atoms with E-state index in [4.69, 9.17) is 4.74 Å². The van der Waals surface area contributed by atoms with E-state index in [2.05, 4.69) is 10.6 Å². The molecule has 0 aliphatic carbocycles. The van der Waals surface area contributed by atoms with Crippen LogP contribution in [0.2, 0.25) is 0 Å². The van der Waals surface area contributed by atoms with Gasteiger partial charge in [-0.05, 0) is 36.8 Å². The number of benzene rings is 2. The van der Waals surface area contributed by atoms with Crippen LogP contribution in [0.1, 0.15) is 5.56 Å². The van der Waals surface area contributed by atoms with Crippen LogP contribution in [-0.4, -0.2) is 25.6 Å². The zero-order valence-electron chi connectivity index (χ0n) is 12.1. The van der Waals surface area contributed by atoms with E-state index in [1.165, 1.54) is 0 Å². The number of hydrogen-bond acceptors (Lipinski definition) is 3. The van der Waals surface area contributed by atoms with E-state index < -0.39 is 0 Å². The smallest absolute Gasteiger partial charge is 0.239 e. The molecule has 2 rings (SSSR count). The summed E-state index contributed by atoms with van der Waals surface area (Å²) in [7, 11) is 0. The normalized spacial score (nSPS) is 9.95. The third-order valence-corrected chi connectivity index (χ3v) is 2.91. The van der Waals surface area contributed by atoms with E-state index in [0.717, 1.165) is 17.0 Å². The molecule has 0 heterocycles. The third-order valence-electron chi connectivity index (χ3n) is 2.91. The van der Waals surface area contributed by atoms with Gasteiger partial charge in [-0.2, -0.15) is 0 Å². The number of carbonyl (C=O) groups excluding carboxylic acids is 1. The van der Waals surface area contributed by atoms with Gasteiger partial charge in [0.05, 0.1) is 13.1 Å². The molecule has 0 radical (unpaired) electrons. The minimum atomic E-state index is -0.0494. The van der Waals surface area contributed by atoms with E-state index in [1.54, 1.807) is 0 Å². The number of hydrogen-bond donors (Lipinski definition) is 2. The lowest BCUT2D eigenvalue weighted by molar-refractivity contribution is -0.119. The molecule has 0 atom stereocenters. The molecule has 0 saturated heterocycles. The molecular weight excluding hydrogens is 264 g/mol. The van der Waals surface area contributed by atoms with Gasteiger partial charge < -0.3 is 15.4 Å². The molecule has 0 bridgehead atoms. The third kappa shape index (κ3) is 5.57. The van der Waals surface area contributed by atoms with Crippen molar-refractivity contribution >= 4 is 11.6 Å². The molecule has 1 amide bonds. The van der Waals surface area contributed by atoms with E-state index in [-0.39, 0.29) is 12.5 Å². The van der Waals surface area contributed by atoms with E-state index in [0.29, 0.717) is 13.2 Å². The SMILES string of the molecule is Cc1cccc(OCCNC(=O)CNc2ccccc2)c1. The lowest BCUT2D eigenvalue weighted by Gasteiger charge is -2.09. The monoisotopic (exact) mass is 284 g/mol. The van der Waals surface area contributed by atoms with Gasteiger partial charge in [-0.15, -0.1) is 0 Å². The van der Waals surface area contributed by atoms with Crippen molar-refractivity contribution < 1.29 is 9.53 Å². The van der Waals surface area contributed by atoms with Gasteiger partial charge in [0.25, 0.3) is 0 Å². The first-order valence-corrected chi connectivity index (χ1v) is 6.99. The molecule has 0 unspecified atom stereocenters. The van der Waals surface area contributed by atoms with Crippen molar-refractivity contribution in [3.63, 3.8) is 0 Å². The number of anilines is 1. The summed E-state index contributed by atoms with van der Waals surface area (Å²) >= 11 is 0. The first kappa shape index (κ1) is 14.9. The summed E-state index contributed by atoms with van der Waals surface area (Å²) in [5.74, 6) is 0.776. The van der Waals surface area contributed by atoms with Crippen molar-refractivity contribution in [3.8, 4) is 5.75 Å². The zero-order chi connectivity index (χ0) is 14.9. The highest BCUT2D eigenvalue weighted by Crippen LogP contribution is 2.11. The number of carbonyl (C=O) groups is 1. The van der Waals surface area contributed by atoms with E-state index >= 15 is 0 Å². The van der Waals surface area contributed by atoms with Gasteiger partial charge in [-0.3, -0.25) is 4.79 Å². The highest BCUT2D eigenvalue weighted by atomic mass is 16.5. The summed E-state index contributed by atoms with van der Waals surface area (Å²) in [5.41, 5.74) is 2.09.